The lowest BCUT2D eigenvalue weighted by Crippen LogP contribution is -2.32. The summed E-state index contributed by atoms with van der Waals surface area (Å²) in [6.07, 6.45) is 0.912. The van der Waals surface area contributed by atoms with Crippen molar-refractivity contribution in [3.63, 3.8) is 0 Å². The minimum atomic E-state index is -0.434. The van der Waals surface area contributed by atoms with Crippen LogP contribution in [0.25, 0.3) is 0 Å². The minimum absolute atomic E-state index is 0.0533. The van der Waals surface area contributed by atoms with E-state index >= 15 is 0 Å². The molecular formula is C14H17NO2. The monoisotopic (exact) mass is 231 g/mol. The minimum Gasteiger partial charge on any atom is -0.491 e. The van der Waals surface area contributed by atoms with Crippen molar-refractivity contribution < 1.29 is 9.47 Å². The molecule has 90 valence electrons. The van der Waals surface area contributed by atoms with Gasteiger partial charge in [-0.3, -0.25) is 0 Å². The lowest BCUT2D eigenvalue weighted by molar-refractivity contribution is -0.0133. The molecular weight excluding hydrogens is 214 g/mol. The molecule has 2 rings (SSSR count). The molecule has 0 N–H and O–H groups in total. The number of nitrogens with zero attached hydrogens (tertiary/aromatic N) is 1. The molecule has 0 bridgehead atoms. The molecule has 0 aromatic heterocycles. The van der Waals surface area contributed by atoms with Gasteiger partial charge in [0, 0.05) is 6.42 Å². The molecule has 0 spiro atoms. The van der Waals surface area contributed by atoms with Gasteiger partial charge < -0.3 is 9.47 Å². The first kappa shape index (κ1) is 11.9. The van der Waals surface area contributed by atoms with Crippen LogP contribution in [0.5, 0.6) is 5.75 Å². The lowest BCUT2D eigenvalue weighted by atomic mass is 9.97. The fraction of sp³-hybridized carbons (Fsp3) is 0.500. The lowest BCUT2D eigenvalue weighted by Gasteiger charge is -2.27. The predicted molar refractivity (Wildman–Crippen MR) is 64.8 cm³/mol. The zero-order chi connectivity index (χ0) is 12.3. The number of hydrogen-bond donors (Lipinski definition) is 0. The van der Waals surface area contributed by atoms with E-state index in [0.717, 1.165) is 12.2 Å². The fourth-order valence-electron chi connectivity index (χ4n) is 1.77. The molecule has 0 amide bonds. The van der Waals surface area contributed by atoms with Crippen molar-refractivity contribution in [2.45, 2.75) is 26.4 Å². The van der Waals surface area contributed by atoms with Gasteiger partial charge in [-0.25, -0.2) is 0 Å². The largest absolute Gasteiger partial charge is 0.491 e. The van der Waals surface area contributed by atoms with Crippen molar-refractivity contribution in [3.05, 3.63) is 29.8 Å². The van der Waals surface area contributed by atoms with Crippen molar-refractivity contribution in [2.24, 2.45) is 5.41 Å². The number of nitriles is 1. The Labute approximate surface area is 102 Å². The van der Waals surface area contributed by atoms with Crippen LogP contribution in [0.4, 0.5) is 0 Å². The van der Waals surface area contributed by atoms with Gasteiger partial charge in [0.05, 0.1) is 24.2 Å². The number of rotatable bonds is 3. The second-order valence-corrected chi connectivity index (χ2v) is 5.05. The highest BCUT2D eigenvalue weighted by Gasteiger charge is 2.24. The van der Waals surface area contributed by atoms with E-state index in [-0.39, 0.29) is 6.10 Å². The first-order chi connectivity index (χ1) is 8.11. The van der Waals surface area contributed by atoms with E-state index < -0.39 is 5.41 Å². The molecule has 1 atom stereocenters. The van der Waals surface area contributed by atoms with Crippen LogP contribution in [0.15, 0.2) is 24.3 Å². The molecule has 1 aromatic carbocycles. The van der Waals surface area contributed by atoms with Crippen molar-refractivity contribution in [3.8, 4) is 11.8 Å². The van der Waals surface area contributed by atoms with E-state index in [1.807, 2.05) is 32.0 Å². The van der Waals surface area contributed by atoms with E-state index in [9.17, 15) is 0 Å². The van der Waals surface area contributed by atoms with Crippen molar-refractivity contribution in [2.75, 3.05) is 13.2 Å². The van der Waals surface area contributed by atoms with Crippen LogP contribution in [-0.4, -0.2) is 19.3 Å². The molecule has 1 aliphatic rings. The van der Waals surface area contributed by atoms with Crippen LogP contribution in [0.2, 0.25) is 0 Å². The van der Waals surface area contributed by atoms with Gasteiger partial charge in [-0.1, -0.05) is 18.2 Å². The van der Waals surface area contributed by atoms with Crippen LogP contribution in [0.1, 0.15) is 19.4 Å². The topological polar surface area (TPSA) is 42.2 Å². The molecule has 3 heteroatoms. The third kappa shape index (κ3) is 2.98. The Balaban J connectivity index is 1.93. The van der Waals surface area contributed by atoms with E-state index in [1.54, 1.807) is 0 Å². The van der Waals surface area contributed by atoms with E-state index in [2.05, 4.69) is 12.1 Å². The zero-order valence-electron chi connectivity index (χ0n) is 10.3. The molecule has 17 heavy (non-hydrogen) atoms. The van der Waals surface area contributed by atoms with Crippen LogP contribution >= 0.6 is 0 Å². The summed E-state index contributed by atoms with van der Waals surface area (Å²) < 4.78 is 11.4. The highest BCUT2D eigenvalue weighted by atomic mass is 16.5. The van der Waals surface area contributed by atoms with E-state index in [0.29, 0.717) is 13.2 Å². The summed E-state index contributed by atoms with van der Waals surface area (Å²) in [6, 6.07) is 10.2. The van der Waals surface area contributed by atoms with Crippen LogP contribution in [-0.2, 0) is 11.2 Å². The zero-order valence-corrected chi connectivity index (χ0v) is 10.3. The maximum atomic E-state index is 8.92. The van der Waals surface area contributed by atoms with Gasteiger partial charge in [-0.05, 0) is 25.5 Å². The third-order valence-corrected chi connectivity index (χ3v) is 2.83. The second kappa shape index (κ2) is 4.77. The highest BCUT2D eigenvalue weighted by Crippen LogP contribution is 2.26. The number of para-hydroxylation sites is 1. The van der Waals surface area contributed by atoms with Gasteiger partial charge >= 0.3 is 0 Å². The Hall–Kier alpha value is -1.53. The van der Waals surface area contributed by atoms with Crippen LogP contribution in [0, 0.1) is 16.7 Å². The molecule has 0 saturated carbocycles. The predicted octanol–water partition coefficient (Wildman–Crippen LogP) is 2.56. The van der Waals surface area contributed by atoms with Gasteiger partial charge in [0.25, 0.3) is 0 Å². The Morgan fingerprint density at radius 3 is 3.00 bits per heavy atom. The molecule has 0 radical (unpaired) electrons. The smallest absolute Gasteiger partial charge is 0.122 e. The second-order valence-electron chi connectivity index (χ2n) is 5.05. The summed E-state index contributed by atoms with van der Waals surface area (Å²) in [6.45, 7) is 4.77. The summed E-state index contributed by atoms with van der Waals surface area (Å²) in [5.74, 6) is 0.951. The SMILES string of the molecule is CC(C)(C#N)COC1COc2ccccc2C1. The molecule has 1 aliphatic heterocycles. The Bertz CT molecular complexity index is 434. The number of fused-ring (bicyclic) bond motifs is 1. The summed E-state index contributed by atoms with van der Waals surface area (Å²) >= 11 is 0. The summed E-state index contributed by atoms with van der Waals surface area (Å²) in [4.78, 5) is 0. The molecule has 1 aromatic rings. The van der Waals surface area contributed by atoms with Crippen molar-refractivity contribution in [1.29, 1.82) is 5.26 Å². The average Bonchev–Trinajstić information content (AvgIpc) is 2.36. The molecule has 3 nitrogen and oxygen atoms in total. The summed E-state index contributed by atoms with van der Waals surface area (Å²) in [7, 11) is 0. The Morgan fingerprint density at radius 2 is 2.24 bits per heavy atom. The molecule has 1 unspecified atom stereocenters. The van der Waals surface area contributed by atoms with E-state index in [4.69, 9.17) is 14.7 Å². The molecule has 0 aliphatic carbocycles. The number of ether oxygens (including phenoxy) is 2. The number of benzene rings is 1. The van der Waals surface area contributed by atoms with Crippen molar-refractivity contribution >= 4 is 0 Å². The van der Waals surface area contributed by atoms with E-state index in [1.165, 1.54) is 5.56 Å². The van der Waals surface area contributed by atoms with Gasteiger partial charge in [-0.2, -0.15) is 5.26 Å². The first-order valence-electron chi connectivity index (χ1n) is 5.84. The van der Waals surface area contributed by atoms with Crippen LogP contribution in [0.3, 0.4) is 0 Å². The average molecular weight is 231 g/mol. The highest BCUT2D eigenvalue weighted by molar-refractivity contribution is 5.35. The Morgan fingerprint density at radius 1 is 1.47 bits per heavy atom. The van der Waals surface area contributed by atoms with Crippen molar-refractivity contribution in [1.82, 2.24) is 0 Å². The van der Waals surface area contributed by atoms with Gasteiger partial charge in [0.15, 0.2) is 0 Å². The normalized spacial score (nSPS) is 19.0. The fourth-order valence-corrected chi connectivity index (χ4v) is 1.77. The third-order valence-electron chi connectivity index (χ3n) is 2.83. The molecule has 1 heterocycles. The number of hydrogen-bond acceptors (Lipinski definition) is 3. The standard InChI is InChI=1S/C14H17NO2/c1-14(2,9-15)10-17-12-7-11-5-3-4-6-13(11)16-8-12/h3-6,12H,7-8,10H2,1-2H3. The van der Waals surface area contributed by atoms with Gasteiger partial charge in [0.2, 0.25) is 0 Å². The van der Waals surface area contributed by atoms with Crippen LogP contribution < -0.4 is 4.74 Å². The van der Waals surface area contributed by atoms with Gasteiger partial charge in [-0.15, -0.1) is 0 Å². The van der Waals surface area contributed by atoms with Gasteiger partial charge in [0.1, 0.15) is 12.4 Å². The maximum Gasteiger partial charge on any atom is 0.122 e. The first-order valence-corrected chi connectivity index (χ1v) is 5.84. The maximum absolute atomic E-state index is 8.92. The molecule has 0 fully saturated rings. The Kier molecular flexibility index (Phi) is 3.35. The molecule has 0 saturated heterocycles. The quantitative estimate of drug-likeness (QED) is 0.802. The summed E-state index contributed by atoms with van der Waals surface area (Å²) in [5.41, 5.74) is 0.746. The summed E-state index contributed by atoms with van der Waals surface area (Å²) in [5, 5.41) is 8.92.